The lowest BCUT2D eigenvalue weighted by Gasteiger charge is -2.29. The van der Waals surface area contributed by atoms with E-state index in [4.69, 9.17) is 0 Å². The van der Waals surface area contributed by atoms with E-state index in [1.165, 1.54) is 12.0 Å². The standard InChI is InChI=1S/C26H34N4O2/c1-19(2)20-8-10-21(11-9-20)27-26(32)28-22-12-13-24(29-14-6-7-15-29)23(18-22)25(31)30-16-4-3-5-17-30/h8-13,18-19H,3-7,14-17H2,1-2H3,(H2,27,28,32). The molecule has 0 saturated carbocycles. The number of rotatable bonds is 5. The molecule has 0 unspecified atom stereocenters. The third kappa shape index (κ3) is 5.23. The fourth-order valence-electron chi connectivity index (χ4n) is 4.53. The van der Waals surface area contributed by atoms with Crippen molar-refractivity contribution in [3.63, 3.8) is 0 Å². The van der Waals surface area contributed by atoms with Crippen LogP contribution in [-0.2, 0) is 0 Å². The van der Waals surface area contributed by atoms with E-state index in [1.807, 2.05) is 47.4 Å². The van der Waals surface area contributed by atoms with Gasteiger partial charge in [0.2, 0.25) is 0 Å². The monoisotopic (exact) mass is 434 g/mol. The van der Waals surface area contributed by atoms with Gasteiger partial charge in [-0.1, -0.05) is 26.0 Å². The molecule has 0 atom stereocenters. The third-order valence-electron chi connectivity index (χ3n) is 6.41. The molecule has 3 amide bonds. The van der Waals surface area contributed by atoms with Crippen molar-refractivity contribution in [1.29, 1.82) is 0 Å². The first kappa shape index (κ1) is 22.2. The summed E-state index contributed by atoms with van der Waals surface area (Å²) >= 11 is 0. The summed E-state index contributed by atoms with van der Waals surface area (Å²) in [4.78, 5) is 30.2. The Hall–Kier alpha value is -3.02. The maximum atomic E-state index is 13.4. The predicted octanol–water partition coefficient (Wildman–Crippen LogP) is 5.68. The van der Waals surface area contributed by atoms with E-state index < -0.39 is 0 Å². The van der Waals surface area contributed by atoms with Gasteiger partial charge in [0.05, 0.1) is 5.56 Å². The lowest BCUT2D eigenvalue weighted by atomic mass is 10.0. The summed E-state index contributed by atoms with van der Waals surface area (Å²) in [5.41, 5.74) is 4.27. The fraction of sp³-hybridized carbons (Fsp3) is 0.462. The van der Waals surface area contributed by atoms with Crippen LogP contribution in [0.3, 0.4) is 0 Å². The number of piperidine rings is 1. The molecule has 4 rings (SSSR count). The number of hydrogen-bond donors (Lipinski definition) is 2. The first-order valence-corrected chi connectivity index (χ1v) is 11.9. The Bertz CT molecular complexity index is 943. The topological polar surface area (TPSA) is 64.7 Å². The first-order chi connectivity index (χ1) is 15.5. The summed E-state index contributed by atoms with van der Waals surface area (Å²) in [5, 5.41) is 5.79. The molecule has 170 valence electrons. The zero-order chi connectivity index (χ0) is 22.5. The minimum Gasteiger partial charge on any atom is -0.371 e. The number of benzene rings is 2. The summed E-state index contributed by atoms with van der Waals surface area (Å²) in [6, 6.07) is 13.3. The van der Waals surface area contributed by atoms with E-state index in [0.29, 0.717) is 17.2 Å². The van der Waals surface area contributed by atoms with Gasteiger partial charge in [-0.15, -0.1) is 0 Å². The van der Waals surface area contributed by atoms with Crippen LogP contribution in [-0.4, -0.2) is 43.0 Å². The number of anilines is 3. The first-order valence-electron chi connectivity index (χ1n) is 11.9. The molecule has 0 spiro atoms. The molecule has 2 aliphatic rings. The lowest BCUT2D eigenvalue weighted by molar-refractivity contribution is 0.0725. The van der Waals surface area contributed by atoms with E-state index in [1.54, 1.807) is 0 Å². The second kappa shape index (κ2) is 10.1. The molecule has 6 nitrogen and oxygen atoms in total. The highest BCUT2D eigenvalue weighted by Crippen LogP contribution is 2.29. The molecule has 2 heterocycles. The molecule has 2 saturated heterocycles. The zero-order valence-electron chi connectivity index (χ0n) is 19.2. The van der Waals surface area contributed by atoms with Crippen molar-refractivity contribution in [2.24, 2.45) is 0 Å². The van der Waals surface area contributed by atoms with Crippen LogP contribution < -0.4 is 15.5 Å². The van der Waals surface area contributed by atoms with Crippen LogP contribution in [0.2, 0.25) is 0 Å². The Morgan fingerprint density at radius 1 is 0.781 bits per heavy atom. The van der Waals surface area contributed by atoms with Crippen LogP contribution in [0.15, 0.2) is 42.5 Å². The van der Waals surface area contributed by atoms with Crippen LogP contribution in [0.25, 0.3) is 0 Å². The number of urea groups is 1. The Labute approximate surface area is 191 Å². The summed E-state index contributed by atoms with van der Waals surface area (Å²) in [6.45, 7) is 7.85. The summed E-state index contributed by atoms with van der Waals surface area (Å²) in [5.74, 6) is 0.516. The van der Waals surface area contributed by atoms with E-state index in [9.17, 15) is 9.59 Å². The van der Waals surface area contributed by atoms with Gasteiger partial charge in [0.15, 0.2) is 0 Å². The Morgan fingerprint density at radius 2 is 1.38 bits per heavy atom. The lowest BCUT2D eigenvalue weighted by Crippen LogP contribution is -2.36. The van der Waals surface area contributed by atoms with Gasteiger partial charge >= 0.3 is 6.03 Å². The molecule has 2 fully saturated rings. The molecule has 32 heavy (non-hydrogen) atoms. The molecular formula is C26H34N4O2. The molecule has 0 bridgehead atoms. The Kier molecular flexibility index (Phi) is 6.98. The number of likely N-dealkylation sites (tertiary alicyclic amines) is 1. The third-order valence-corrected chi connectivity index (χ3v) is 6.41. The minimum atomic E-state index is -0.312. The number of amides is 3. The summed E-state index contributed by atoms with van der Waals surface area (Å²) in [6.07, 6.45) is 5.59. The Morgan fingerprint density at radius 3 is 2.03 bits per heavy atom. The van der Waals surface area contributed by atoms with Gasteiger partial charge in [0.25, 0.3) is 5.91 Å². The van der Waals surface area contributed by atoms with Crippen molar-refractivity contribution < 1.29 is 9.59 Å². The molecule has 0 radical (unpaired) electrons. The highest BCUT2D eigenvalue weighted by atomic mass is 16.2. The van der Waals surface area contributed by atoms with Crippen LogP contribution in [0, 0.1) is 0 Å². The van der Waals surface area contributed by atoms with E-state index >= 15 is 0 Å². The molecule has 2 aromatic rings. The van der Waals surface area contributed by atoms with Crippen molar-refractivity contribution in [3.8, 4) is 0 Å². The molecular weight excluding hydrogens is 400 g/mol. The summed E-state index contributed by atoms with van der Waals surface area (Å²) < 4.78 is 0. The average molecular weight is 435 g/mol. The zero-order valence-corrected chi connectivity index (χ0v) is 19.2. The maximum absolute atomic E-state index is 13.4. The largest absolute Gasteiger partial charge is 0.371 e. The highest BCUT2D eigenvalue weighted by Gasteiger charge is 2.25. The van der Waals surface area contributed by atoms with Gasteiger partial charge in [0.1, 0.15) is 0 Å². The molecule has 0 aromatic heterocycles. The van der Waals surface area contributed by atoms with Crippen LogP contribution in [0.1, 0.15) is 67.8 Å². The van der Waals surface area contributed by atoms with E-state index in [2.05, 4.69) is 29.4 Å². The molecule has 0 aliphatic carbocycles. The average Bonchev–Trinajstić information content (AvgIpc) is 3.34. The second-order valence-electron chi connectivity index (χ2n) is 9.13. The molecule has 6 heteroatoms. The van der Waals surface area contributed by atoms with E-state index in [-0.39, 0.29) is 11.9 Å². The predicted molar refractivity (Wildman–Crippen MR) is 131 cm³/mol. The van der Waals surface area contributed by atoms with Crippen molar-refractivity contribution in [2.45, 2.75) is 51.9 Å². The number of carbonyl (C=O) groups excluding carboxylic acids is 2. The van der Waals surface area contributed by atoms with Crippen molar-refractivity contribution in [2.75, 3.05) is 41.7 Å². The number of nitrogens with zero attached hydrogens (tertiary/aromatic N) is 2. The fourth-order valence-corrected chi connectivity index (χ4v) is 4.53. The number of hydrogen-bond acceptors (Lipinski definition) is 3. The van der Waals surface area contributed by atoms with Gasteiger partial charge in [-0.25, -0.2) is 4.79 Å². The molecule has 2 aliphatic heterocycles. The molecule has 2 N–H and O–H groups in total. The number of nitrogens with one attached hydrogen (secondary N) is 2. The van der Waals surface area contributed by atoms with Crippen LogP contribution >= 0.6 is 0 Å². The second-order valence-corrected chi connectivity index (χ2v) is 9.13. The van der Waals surface area contributed by atoms with Gasteiger partial charge in [-0.3, -0.25) is 4.79 Å². The van der Waals surface area contributed by atoms with E-state index in [0.717, 1.165) is 63.2 Å². The normalized spacial score (nSPS) is 16.3. The summed E-state index contributed by atoms with van der Waals surface area (Å²) in [7, 11) is 0. The highest BCUT2D eigenvalue weighted by molar-refractivity contribution is 6.04. The molecule has 2 aromatic carbocycles. The van der Waals surface area contributed by atoms with Gasteiger partial charge < -0.3 is 20.4 Å². The number of carbonyl (C=O) groups is 2. The maximum Gasteiger partial charge on any atom is 0.323 e. The minimum absolute atomic E-state index is 0.0694. The van der Waals surface area contributed by atoms with Crippen molar-refractivity contribution >= 4 is 29.0 Å². The van der Waals surface area contributed by atoms with Gasteiger partial charge in [-0.05, 0) is 73.9 Å². The van der Waals surface area contributed by atoms with Crippen molar-refractivity contribution in [1.82, 2.24) is 4.90 Å². The Balaban J connectivity index is 1.50. The smallest absolute Gasteiger partial charge is 0.323 e. The van der Waals surface area contributed by atoms with Crippen LogP contribution in [0.4, 0.5) is 21.9 Å². The quantitative estimate of drug-likeness (QED) is 0.636. The van der Waals surface area contributed by atoms with Gasteiger partial charge in [0, 0.05) is 43.2 Å². The van der Waals surface area contributed by atoms with Crippen molar-refractivity contribution in [3.05, 3.63) is 53.6 Å². The SMILES string of the molecule is CC(C)c1ccc(NC(=O)Nc2ccc(N3CCCC3)c(C(=O)N3CCCCC3)c2)cc1. The van der Waals surface area contributed by atoms with Crippen LogP contribution in [0.5, 0.6) is 0 Å². The van der Waals surface area contributed by atoms with Gasteiger partial charge in [-0.2, -0.15) is 0 Å².